The lowest BCUT2D eigenvalue weighted by Gasteiger charge is -2.34. The highest BCUT2D eigenvalue weighted by molar-refractivity contribution is 6.30. The van der Waals surface area contributed by atoms with Crippen LogP contribution in [0.25, 0.3) is 0 Å². The molecule has 3 rings (SSSR count). The molecular formula is C24H29ClN2O5. The van der Waals surface area contributed by atoms with E-state index in [2.05, 4.69) is 6.92 Å². The van der Waals surface area contributed by atoms with E-state index in [1.54, 1.807) is 59.4 Å². The van der Waals surface area contributed by atoms with Crippen molar-refractivity contribution in [2.45, 2.75) is 19.8 Å². The number of ether oxygens (including phenoxy) is 3. The van der Waals surface area contributed by atoms with Gasteiger partial charge in [-0.3, -0.25) is 9.59 Å². The molecule has 1 fully saturated rings. The van der Waals surface area contributed by atoms with Crippen LogP contribution in [-0.2, 0) is 4.79 Å². The van der Waals surface area contributed by atoms with Gasteiger partial charge in [0.05, 0.1) is 13.7 Å². The van der Waals surface area contributed by atoms with Crippen molar-refractivity contribution < 1.29 is 23.8 Å². The van der Waals surface area contributed by atoms with Crippen LogP contribution < -0.4 is 14.2 Å². The molecule has 1 aliphatic rings. The van der Waals surface area contributed by atoms with Crippen molar-refractivity contribution in [1.82, 2.24) is 9.80 Å². The van der Waals surface area contributed by atoms with E-state index < -0.39 is 0 Å². The van der Waals surface area contributed by atoms with E-state index in [0.29, 0.717) is 60.6 Å². The second-order valence-electron chi connectivity index (χ2n) is 7.48. The van der Waals surface area contributed by atoms with Gasteiger partial charge in [0.2, 0.25) is 0 Å². The highest BCUT2D eigenvalue weighted by atomic mass is 35.5. The highest BCUT2D eigenvalue weighted by Crippen LogP contribution is 2.29. The lowest BCUT2D eigenvalue weighted by Crippen LogP contribution is -2.51. The van der Waals surface area contributed by atoms with Crippen LogP contribution in [0.4, 0.5) is 0 Å². The topological polar surface area (TPSA) is 68.3 Å². The second-order valence-corrected chi connectivity index (χ2v) is 7.92. The van der Waals surface area contributed by atoms with Crippen LogP contribution in [0.5, 0.6) is 17.2 Å². The molecule has 7 nitrogen and oxygen atoms in total. The Labute approximate surface area is 193 Å². The Hall–Kier alpha value is -2.93. The largest absolute Gasteiger partial charge is 0.493 e. The van der Waals surface area contributed by atoms with Gasteiger partial charge in [0.15, 0.2) is 18.1 Å². The number of hydrogen-bond acceptors (Lipinski definition) is 5. The fraction of sp³-hybridized carbons (Fsp3) is 0.417. The van der Waals surface area contributed by atoms with Crippen molar-refractivity contribution in [1.29, 1.82) is 0 Å². The Kier molecular flexibility index (Phi) is 8.62. The number of hydrogen-bond donors (Lipinski definition) is 0. The van der Waals surface area contributed by atoms with Crippen molar-refractivity contribution >= 4 is 23.4 Å². The molecule has 8 heteroatoms. The number of carbonyl (C=O) groups is 2. The predicted molar refractivity (Wildman–Crippen MR) is 123 cm³/mol. The molecule has 1 aliphatic heterocycles. The SMILES string of the molecule is CCCCOc1ccc(C(=O)N2CCN(C(=O)COc3ccc(Cl)cc3)CC2)cc1OC. The Balaban J connectivity index is 1.51. The van der Waals surface area contributed by atoms with Crippen molar-refractivity contribution in [2.24, 2.45) is 0 Å². The average molecular weight is 461 g/mol. The Morgan fingerprint density at radius 1 is 0.938 bits per heavy atom. The number of piperazine rings is 1. The quantitative estimate of drug-likeness (QED) is 0.531. The number of amides is 2. The van der Waals surface area contributed by atoms with Gasteiger partial charge in [-0.1, -0.05) is 24.9 Å². The van der Waals surface area contributed by atoms with Crippen LogP contribution in [-0.4, -0.2) is 68.1 Å². The summed E-state index contributed by atoms with van der Waals surface area (Å²) in [6, 6.07) is 12.1. The van der Waals surface area contributed by atoms with E-state index in [1.165, 1.54) is 0 Å². The van der Waals surface area contributed by atoms with E-state index in [-0.39, 0.29) is 18.4 Å². The van der Waals surface area contributed by atoms with Gasteiger partial charge in [-0.2, -0.15) is 0 Å². The van der Waals surface area contributed by atoms with E-state index in [0.717, 1.165) is 12.8 Å². The molecule has 1 heterocycles. The van der Waals surface area contributed by atoms with Crippen molar-refractivity contribution in [2.75, 3.05) is 46.5 Å². The third-order valence-corrected chi connectivity index (χ3v) is 5.51. The Morgan fingerprint density at radius 2 is 1.62 bits per heavy atom. The van der Waals surface area contributed by atoms with Gasteiger partial charge in [-0.15, -0.1) is 0 Å². The summed E-state index contributed by atoms with van der Waals surface area (Å²) in [5.41, 5.74) is 0.538. The molecule has 1 saturated heterocycles. The van der Waals surface area contributed by atoms with E-state index in [1.807, 2.05) is 0 Å². The fourth-order valence-corrected chi connectivity index (χ4v) is 3.48. The average Bonchev–Trinajstić information content (AvgIpc) is 2.83. The molecule has 0 aliphatic carbocycles. The zero-order chi connectivity index (χ0) is 22.9. The van der Waals surface area contributed by atoms with Crippen LogP contribution >= 0.6 is 11.6 Å². The summed E-state index contributed by atoms with van der Waals surface area (Å²) in [6.45, 7) is 4.51. The summed E-state index contributed by atoms with van der Waals surface area (Å²) < 4.78 is 16.7. The van der Waals surface area contributed by atoms with Crippen LogP contribution in [0.3, 0.4) is 0 Å². The first-order valence-electron chi connectivity index (χ1n) is 10.8. The van der Waals surface area contributed by atoms with Crippen LogP contribution in [0, 0.1) is 0 Å². The van der Waals surface area contributed by atoms with Crippen molar-refractivity contribution in [3.05, 3.63) is 53.1 Å². The molecule has 0 N–H and O–H groups in total. The standard InChI is InChI=1S/C24H29ClN2O5/c1-3-4-15-31-21-10-5-18(16-22(21)30-2)24(29)27-13-11-26(12-14-27)23(28)17-32-20-8-6-19(25)7-9-20/h5-10,16H,3-4,11-15,17H2,1-2H3. The number of unbranched alkanes of at least 4 members (excludes halogenated alkanes) is 1. The first-order chi connectivity index (χ1) is 15.5. The smallest absolute Gasteiger partial charge is 0.260 e. The summed E-state index contributed by atoms with van der Waals surface area (Å²) in [5, 5.41) is 0.612. The number of halogens is 1. The summed E-state index contributed by atoms with van der Waals surface area (Å²) in [6.07, 6.45) is 2.00. The van der Waals surface area contributed by atoms with Gasteiger partial charge in [-0.05, 0) is 48.9 Å². The van der Waals surface area contributed by atoms with Gasteiger partial charge < -0.3 is 24.0 Å². The minimum absolute atomic E-state index is 0.0493. The number of benzene rings is 2. The maximum atomic E-state index is 12.9. The first kappa shape index (κ1) is 23.7. The van der Waals surface area contributed by atoms with Gasteiger partial charge >= 0.3 is 0 Å². The lowest BCUT2D eigenvalue weighted by atomic mass is 10.1. The summed E-state index contributed by atoms with van der Waals surface area (Å²) in [4.78, 5) is 28.9. The predicted octanol–water partition coefficient (Wildman–Crippen LogP) is 3.89. The number of nitrogens with zero attached hydrogens (tertiary/aromatic N) is 2. The minimum atomic E-state index is -0.109. The zero-order valence-corrected chi connectivity index (χ0v) is 19.3. The maximum Gasteiger partial charge on any atom is 0.260 e. The molecule has 32 heavy (non-hydrogen) atoms. The molecule has 2 aromatic rings. The van der Waals surface area contributed by atoms with Crippen LogP contribution in [0.15, 0.2) is 42.5 Å². The van der Waals surface area contributed by atoms with Gasteiger partial charge in [0.1, 0.15) is 5.75 Å². The van der Waals surface area contributed by atoms with E-state index >= 15 is 0 Å². The monoisotopic (exact) mass is 460 g/mol. The van der Waals surface area contributed by atoms with E-state index in [9.17, 15) is 9.59 Å². The summed E-state index contributed by atoms with van der Waals surface area (Å²) in [5.74, 6) is 1.57. The Morgan fingerprint density at radius 3 is 2.28 bits per heavy atom. The Bertz CT molecular complexity index is 911. The van der Waals surface area contributed by atoms with Gasteiger partial charge in [0.25, 0.3) is 11.8 Å². The lowest BCUT2D eigenvalue weighted by molar-refractivity contribution is -0.134. The summed E-state index contributed by atoms with van der Waals surface area (Å²) >= 11 is 5.85. The number of carbonyl (C=O) groups excluding carboxylic acids is 2. The molecule has 0 spiro atoms. The summed E-state index contributed by atoms with van der Waals surface area (Å²) in [7, 11) is 1.56. The molecule has 0 atom stereocenters. The molecular weight excluding hydrogens is 432 g/mol. The normalized spacial score (nSPS) is 13.6. The molecule has 0 unspecified atom stereocenters. The van der Waals surface area contributed by atoms with E-state index in [4.69, 9.17) is 25.8 Å². The first-order valence-corrected chi connectivity index (χ1v) is 11.2. The number of methoxy groups -OCH3 is 1. The molecule has 2 aromatic carbocycles. The minimum Gasteiger partial charge on any atom is -0.493 e. The van der Waals surface area contributed by atoms with Crippen molar-refractivity contribution in [3.63, 3.8) is 0 Å². The number of rotatable bonds is 9. The zero-order valence-electron chi connectivity index (χ0n) is 18.5. The molecule has 2 amide bonds. The van der Waals surface area contributed by atoms with Gasteiger partial charge in [0, 0.05) is 36.8 Å². The highest BCUT2D eigenvalue weighted by Gasteiger charge is 2.25. The van der Waals surface area contributed by atoms with Crippen LogP contribution in [0.2, 0.25) is 5.02 Å². The molecule has 172 valence electrons. The fourth-order valence-electron chi connectivity index (χ4n) is 3.36. The van der Waals surface area contributed by atoms with Crippen LogP contribution in [0.1, 0.15) is 30.1 Å². The molecule has 0 bridgehead atoms. The molecule has 0 saturated carbocycles. The van der Waals surface area contributed by atoms with Crippen molar-refractivity contribution in [3.8, 4) is 17.2 Å². The second kappa shape index (κ2) is 11.6. The third kappa shape index (κ3) is 6.29. The van der Waals surface area contributed by atoms with Gasteiger partial charge in [-0.25, -0.2) is 0 Å². The molecule has 0 radical (unpaired) electrons. The molecule has 0 aromatic heterocycles. The third-order valence-electron chi connectivity index (χ3n) is 5.26. The maximum absolute atomic E-state index is 12.9.